The molecule has 0 radical (unpaired) electrons. The molecule has 0 heterocycles. The summed E-state index contributed by atoms with van der Waals surface area (Å²) < 4.78 is 0. The van der Waals surface area contributed by atoms with Gasteiger partial charge in [0.1, 0.15) is 5.92 Å². The molecule has 0 amide bonds. The maximum absolute atomic E-state index is 12.0. The Kier molecular flexibility index (Phi) is 2.91. The molecule has 1 unspecified atom stereocenters. The van der Waals surface area contributed by atoms with E-state index in [1.807, 2.05) is 30.3 Å². The third-order valence-electron chi connectivity index (χ3n) is 2.82. The van der Waals surface area contributed by atoms with Crippen LogP contribution in [0.2, 0.25) is 0 Å². The topological polar surface area (TPSA) is 54.4 Å². The minimum Gasteiger partial charge on any atom is -0.481 e. The van der Waals surface area contributed by atoms with Crippen molar-refractivity contribution in [1.29, 1.82) is 0 Å². The average Bonchev–Trinajstić information content (AvgIpc) is 2.36. The smallest absolute Gasteiger partial charge is 0.314 e. The van der Waals surface area contributed by atoms with Gasteiger partial charge in [0.2, 0.25) is 0 Å². The fourth-order valence-electron chi connectivity index (χ4n) is 1.79. The summed E-state index contributed by atoms with van der Waals surface area (Å²) >= 11 is 0. The largest absolute Gasteiger partial charge is 0.481 e. The Bertz CT molecular complexity index is 582. The first-order valence-electron chi connectivity index (χ1n) is 5.36. The van der Waals surface area contributed by atoms with Gasteiger partial charge in [0.25, 0.3) is 0 Å². The van der Waals surface area contributed by atoms with Crippen molar-refractivity contribution < 1.29 is 14.7 Å². The summed E-state index contributed by atoms with van der Waals surface area (Å²) in [5.41, 5.74) is 0.470. The maximum Gasteiger partial charge on any atom is 0.314 e. The van der Waals surface area contributed by atoms with Crippen molar-refractivity contribution in [3.8, 4) is 0 Å². The molecular weight excluding hydrogens is 216 g/mol. The lowest BCUT2D eigenvalue weighted by Gasteiger charge is -2.08. The van der Waals surface area contributed by atoms with Gasteiger partial charge in [-0.2, -0.15) is 0 Å². The van der Waals surface area contributed by atoms with Crippen molar-refractivity contribution in [2.24, 2.45) is 5.92 Å². The van der Waals surface area contributed by atoms with E-state index >= 15 is 0 Å². The number of carbonyl (C=O) groups is 2. The van der Waals surface area contributed by atoms with Crippen LogP contribution < -0.4 is 0 Å². The summed E-state index contributed by atoms with van der Waals surface area (Å²) in [6, 6.07) is 12.8. The van der Waals surface area contributed by atoms with Gasteiger partial charge in [0.15, 0.2) is 5.78 Å². The van der Waals surface area contributed by atoms with Crippen LogP contribution in [-0.4, -0.2) is 16.9 Å². The normalized spacial score (nSPS) is 12.3. The summed E-state index contributed by atoms with van der Waals surface area (Å²) in [6.07, 6.45) is 0. The van der Waals surface area contributed by atoms with Gasteiger partial charge in [-0.25, -0.2) is 0 Å². The van der Waals surface area contributed by atoms with Gasteiger partial charge >= 0.3 is 5.97 Å². The van der Waals surface area contributed by atoms with Crippen molar-refractivity contribution >= 4 is 22.5 Å². The number of ketones is 1. The molecule has 0 aliphatic rings. The predicted molar refractivity (Wildman–Crippen MR) is 65.1 cm³/mol. The molecule has 3 nitrogen and oxygen atoms in total. The van der Waals surface area contributed by atoms with Crippen LogP contribution in [0.5, 0.6) is 0 Å². The molecule has 1 N–H and O–H groups in total. The van der Waals surface area contributed by atoms with Gasteiger partial charge in [-0.1, -0.05) is 42.5 Å². The number of benzene rings is 2. The second-order valence-corrected chi connectivity index (χ2v) is 3.95. The van der Waals surface area contributed by atoms with Gasteiger partial charge in [-0.3, -0.25) is 9.59 Å². The third kappa shape index (κ3) is 2.04. The minimum absolute atomic E-state index is 0.352. The van der Waals surface area contributed by atoms with E-state index < -0.39 is 11.9 Å². The molecule has 0 spiro atoms. The number of hydrogen-bond donors (Lipinski definition) is 1. The molecule has 86 valence electrons. The molecule has 0 saturated heterocycles. The van der Waals surface area contributed by atoms with E-state index in [2.05, 4.69) is 0 Å². The molecule has 0 aliphatic carbocycles. The first-order chi connectivity index (χ1) is 8.11. The van der Waals surface area contributed by atoms with Gasteiger partial charge in [-0.05, 0) is 17.7 Å². The molecule has 2 rings (SSSR count). The highest BCUT2D eigenvalue weighted by molar-refractivity contribution is 6.14. The van der Waals surface area contributed by atoms with Crippen LogP contribution >= 0.6 is 0 Å². The predicted octanol–water partition coefficient (Wildman–Crippen LogP) is 2.74. The van der Waals surface area contributed by atoms with E-state index in [1.165, 1.54) is 6.92 Å². The summed E-state index contributed by atoms with van der Waals surface area (Å²) in [4.78, 5) is 22.8. The lowest BCUT2D eigenvalue weighted by atomic mass is 9.95. The van der Waals surface area contributed by atoms with E-state index in [-0.39, 0.29) is 5.78 Å². The number of Topliss-reactive ketones (excluding diaryl/α,β-unsaturated/α-hetero) is 1. The molecule has 3 heteroatoms. The van der Waals surface area contributed by atoms with Crippen molar-refractivity contribution in [2.45, 2.75) is 6.92 Å². The zero-order valence-corrected chi connectivity index (χ0v) is 9.38. The molecule has 0 aromatic heterocycles. The Morgan fingerprint density at radius 1 is 1.06 bits per heavy atom. The van der Waals surface area contributed by atoms with E-state index in [9.17, 15) is 9.59 Å². The van der Waals surface area contributed by atoms with Crippen LogP contribution in [0.25, 0.3) is 10.8 Å². The molecular formula is C14H12O3. The van der Waals surface area contributed by atoms with Gasteiger partial charge < -0.3 is 5.11 Å². The quantitative estimate of drug-likeness (QED) is 0.649. The molecule has 0 bridgehead atoms. The van der Waals surface area contributed by atoms with Gasteiger partial charge in [-0.15, -0.1) is 0 Å². The van der Waals surface area contributed by atoms with Crippen LogP contribution in [0, 0.1) is 5.92 Å². The number of carboxylic acid groups (broad SMARTS) is 1. The standard InChI is InChI=1S/C14H12O3/c1-9(14(16)17)13(15)12-8-4-6-10-5-2-3-7-11(10)12/h2-9H,1H3,(H,16,17). The molecule has 1 atom stereocenters. The van der Waals surface area contributed by atoms with Gasteiger partial charge in [0.05, 0.1) is 0 Å². The van der Waals surface area contributed by atoms with E-state index in [4.69, 9.17) is 5.11 Å². The second kappa shape index (κ2) is 4.37. The Labute approximate surface area is 98.7 Å². The molecule has 2 aromatic rings. The van der Waals surface area contributed by atoms with Crippen LogP contribution in [-0.2, 0) is 4.79 Å². The van der Waals surface area contributed by atoms with E-state index in [0.29, 0.717) is 5.56 Å². The highest BCUT2D eigenvalue weighted by Crippen LogP contribution is 2.21. The highest BCUT2D eigenvalue weighted by Gasteiger charge is 2.23. The SMILES string of the molecule is CC(C(=O)O)C(=O)c1cccc2ccccc12. The average molecular weight is 228 g/mol. The van der Waals surface area contributed by atoms with E-state index in [1.54, 1.807) is 12.1 Å². The molecule has 0 aliphatic heterocycles. The zero-order chi connectivity index (χ0) is 12.4. The van der Waals surface area contributed by atoms with Crippen LogP contribution in [0.1, 0.15) is 17.3 Å². The molecule has 0 saturated carbocycles. The fraction of sp³-hybridized carbons (Fsp3) is 0.143. The van der Waals surface area contributed by atoms with Crippen molar-refractivity contribution in [3.63, 3.8) is 0 Å². The lowest BCUT2D eigenvalue weighted by molar-refractivity contribution is -0.139. The van der Waals surface area contributed by atoms with Crippen LogP contribution in [0.3, 0.4) is 0 Å². The fourth-order valence-corrected chi connectivity index (χ4v) is 1.79. The number of carbonyl (C=O) groups excluding carboxylic acids is 1. The number of hydrogen-bond acceptors (Lipinski definition) is 2. The van der Waals surface area contributed by atoms with Crippen LogP contribution in [0.15, 0.2) is 42.5 Å². The summed E-state index contributed by atoms with van der Waals surface area (Å²) in [5, 5.41) is 10.6. The Morgan fingerprint density at radius 2 is 1.71 bits per heavy atom. The molecule has 0 fully saturated rings. The lowest BCUT2D eigenvalue weighted by Crippen LogP contribution is -2.20. The number of fused-ring (bicyclic) bond motifs is 1. The maximum atomic E-state index is 12.0. The Morgan fingerprint density at radius 3 is 2.41 bits per heavy atom. The van der Waals surface area contributed by atoms with Crippen molar-refractivity contribution in [2.75, 3.05) is 0 Å². The monoisotopic (exact) mass is 228 g/mol. The summed E-state index contributed by atoms with van der Waals surface area (Å²) in [5.74, 6) is -2.46. The summed E-state index contributed by atoms with van der Waals surface area (Å²) in [6.45, 7) is 1.41. The number of rotatable bonds is 3. The van der Waals surface area contributed by atoms with Crippen LogP contribution in [0.4, 0.5) is 0 Å². The Hall–Kier alpha value is -2.16. The van der Waals surface area contributed by atoms with E-state index in [0.717, 1.165) is 10.8 Å². The minimum atomic E-state index is -1.09. The Balaban J connectivity index is 2.56. The summed E-state index contributed by atoms with van der Waals surface area (Å²) in [7, 11) is 0. The number of carboxylic acids is 1. The highest BCUT2D eigenvalue weighted by atomic mass is 16.4. The molecule has 17 heavy (non-hydrogen) atoms. The molecule has 2 aromatic carbocycles. The van der Waals surface area contributed by atoms with Gasteiger partial charge in [0, 0.05) is 5.56 Å². The van der Waals surface area contributed by atoms with Crippen molar-refractivity contribution in [3.05, 3.63) is 48.0 Å². The second-order valence-electron chi connectivity index (χ2n) is 3.95. The third-order valence-corrected chi connectivity index (χ3v) is 2.82. The number of aliphatic carboxylic acids is 1. The zero-order valence-electron chi connectivity index (χ0n) is 9.38. The van der Waals surface area contributed by atoms with Crippen molar-refractivity contribution in [1.82, 2.24) is 0 Å². The first kappa shape index (κ1) is 11.3. The first-order valence-corrected chi connectivity index (χ1v) is 5.36.